The highest BCUT2D eigenvalue weighted by molar-refractivity contribution is 7.80. The van der Waals surface area contributed by atoms with Crippen LogP contribution in [-0.2, 0) is 11.2 Å². The van der Waals surface area contributed by atoms with Crippen molar-refractivity contribution in [3.8, 4) is 0 Å². The highest BCUT2D eigenvalue weighted by Crippen LogP contribution is 2.27. The number of thiocarbonyl (C=S) groups is 1. The normalized spacial score (nSPS) is 9.88. The Bertz CT molecular complexity index is 423. The second-order valence-corrected chi connectivity index (χ2v) is 3.84. The number of hydrogen-bond donors (Lipinski definition) is 0. The van der Waals surface area contributed by atoms with Crippen LogP contribution in [0, 0.1) is 10.1 Å². The molecule has 1 aromatic rings. The lowest BCUT2D eigenvalue weighted by molar-refractivity contribution is -0.385. The van der Waals surface area contributed by atoms with E-state index in [1.54, 1.807) is 13.0 Å². The summed E-state index contributed by atoms with van der Waals surface area (Å²) in [6.07, 6.45) is 0.180. The van der Waals surface area contributed by atoms with Crippen molar-refractivity contribution in [2.75, 3.05) is 6.61 Å². The van der Waals surface area contributed by atoms with Crippen LogP contribution in [0.2, 0.25) is 5.02 Å². The molecule has 86 valence electrons. The van der Waals surface area contributed by atoms with E-state index in [1.165, 1.54) is 12.1 Å². The van der Waals surface area contributed by atoms with Gasteiger partial charge in [-0.25, -0.2) is 0 Å². The predicted octanol–water partition coefficient (Wildman–Crippen LogP) is 3.15. The summed E-state index contributed by atoms with van der Waals surface area (Å²) in [5.74, 6) is 0. The van der Waals surface area contributed by atoms with Gasteiger partial charge in [-0.3, -0.25) is 10.1 Å². The van der Waals surface area contributed by atoms with E-state index in [0.29, 0.717) is 22.2 Å². The van der Waals surface area contributed by atoms with Gasteiger partial charge in [0.1, 0.15) is 0 Å². The second-order valence-electron chi connectivity index (χ2n) is 2.98. The fraction of sp³-hybridized carbons (Fsp3) is 0.300. The summed E-state index contributed by atoms with van der Waals surface area (Å²) < 4.78 is 5.09. The van der Waals surface area contributed by atoms with Gasteiger partial charge in [-0.2, -0.15) is 0 Å². The molecule has 0 aliphatic rings. The molecule has 16 heavy (non-hydrogen) atoms. The molecule has 0 N–H and O–H groups in total. The van der Waals surface area contributed by atoms with Crippen LogP contribution in [0.3, 0.4) is 0 Å². The molecule has 0 saturated carbocycles. The Morgan fingerprint density at radius 1 is 1.62 bits per heavy atom. The summed E-state index contributed by atoms with van der Waals surface area (Å²) in [4.78, 5) is 10.3. The fourth-order valence-corrected chi connectivity index (χ4v) is 1.75. The first-order chi connectivity index (χ1) is 7.56. The molecule has 1 rings (SSSR count). The minimum atomic E-state index is -0.476. The predicted molar refractivity (Wildman–Crippen MR) is 66.0 cm³/mol. The van der Waals surface area contributed by atoms with Gasteiger partial charge in [0, 0.05) is 12.5 Å². The number of benzene rings is 1. The number of halogens is 1. The second kappa shape index (κ2) is 5.77. The van der Waals surface area contributed by atoms with Crippen molar-refractivity contribution in [3.63, 3.8) is 0 Å². The Hall–Kier alpha value is -1.20. The van der Waals surface area contributed by atoms with Crippen LogP contribution >= 0.6 is 23.8 Å². The molecule has 4 nitrogen and oxygen atoms in total. The molecule has 1 aromatic carbocycles. The fourth-order valence-electron chi connectivity index (χ4n) is 1.25. The highest BCUT2D eigenvalue weighted by atomic mass is 35.5. The summed E-state index contributed by atoms with van der Waals surface area (Å²) >= 11 is 10.8. The van der Waals surface area contributed by atoms with Gasteiger partial charge in [0.25, 0.3) is 5.69 Å². The molecule has 0 aliphatic heterocycles. The van der Waals surface area contributed by atoms with E-state index in [1.807, 2.05) is 0 Å². The summed E-state index contributed by atoms with van der Waals surface area (Å²) in [6, 6.07) is 4.53. The average Bonchev–Trinajstić information content (AvgIpc) is 2.21. The molecule has 0 aliphatic carbocycles. The molecular weight excluding hydrogens is 250 g/mol. The van der Waals surface area contributed by atoms with E-state index >= 15 is 0 Å². The monoisotopic (exact) mass is 259 g/mol. The zero-order valence-electron chi connectivity index (χ0n) is 8.60. The maximum atomic E-state index is 10.8. The van der Waals surface area contributed by atoms with Gasteiger partial charge in [-0.1, -0.05) is 17.7 Å². The lowest BCUT2D eigenvalue weighted by atomic mass is 10.1. The van der Waals surface area contributed by atoms with Gasteiger partial charge in [0.2, 0.25) is 0 Å². The maximum absolute atomic E-state index is 10.8. The van der Waals surface area contributed by atoms with Gasteiger partial charge >= 0.3 is 0 Å². The van der Waals surface area contributed by atoms with E-state index < -0.39 is 4.92 Å². The van der Waals surface area contributed by atoms with Crippen LogP contribution in [0.25, 0.3) is 0 Å². The number of nitro benzene ring substituents is 1. The standard InChI is InChI=1S/C10H10ClNO3S/c1-2-15-10(16)6-7-8(11)4-3-5-9(7)12(13)14/h3-5H,2,6H2,1H3. The highest BCUT2D eigenvalue weighted by Gasteiger charge is 2.18. The zero-order valence-corrected chi connectivity index (χ0v) is 10.2. The summed E-state index contributed by atoms with van der Waals surface area (Å²) in [6.45, 7) is 2.24. The molecule has 0 spiro atoms. The van der Waals surface area contributed by atoms with Crippen LogP contribution in [0.5, 0.6) is 0 Å². The lowest BCUT2D eigenvalue weighted by Crippen LogP contribution is -2.07. The first-order valence-corrected chi connectivity index (χ1v) is 5.42. The van der Waals surface area contributed by atoms with Crippen molar-refractivity contribution in [2.45, 2.75) is 13.3 Å². The largest absolute Gasteiger partial charge is 0.487 e. The van der Waals surface area contributed by atoms with E-state index in [0.717, 1.165) is 0 Å². The topological polar surface area (TPSA) is 52.4 Å². The molecule has 0 aromatic heterocycles. The van der Waals surface area contributed by atoms with Crippen molar-refractivity contribution in [1.29, 1.82) is 0 Å². The third-order valence-corrected chi connectivity index (χ3v) is 2.53. The zero-order chi connectivity index (χ0) is 12.1. The van der Waals surface area contributed by atoms with Gasteiger partial charge in [0.15, 0.2) is 5.05 Å². The van der Waals surface area contributed by atoms with Crippen molar-refractivity contribution >= 4 is 34.6 Å². The van der Waals surface area contributed by atoms with Crippen molar-refractivity contribution in [2.24, 2.45) is 0 Å². The molecule has 0 atom stereocenters. The lowest BCUT2D eigenvalue weighted by Gasteiger charge is -2.07. The molecule has 0 amide bonds. The summed E-state index contributed by atoms with van der Waals surface area (Å²) in [5.41, 5.74) is 0.363. The smallest absolute Gasteiger partial charge is 0.274 e. The molecule has 0 heterocycles. The Balaban J connectivity index is 3.01. The third kappa shape index (κ3) is 3.15. The van der Waals surface area contributed by atoms with Gasteiger partial charge in [-0.05, 0) is 25.2 Å². The van der Waals surface area contributed by atoms with Gasteiger partial charge in [0.05, 0.1) is 22.1 Å². The maximum Gasteiger partial charge on any atom is 0.274 e. The van der Waals surface area contributed by atoms with E-state index in [9.17, 15) is 10.1 Å². The SMILES string of the molecule is CCOC(=S)Cc1c(Cl)cccc1[N+](=O)[O-]. The van der Waals surface area contributed by atoms with Crippen molar-refractivity contribution in [3.05, 3.63) is 38.9 Å². The number of nitrogens with zero attached hydrogens (tertiary/aromatic N) is 1. The molecule has 6 heteroatoms. The minimum Gasteiger partial charge on any atom is -0.487 e. The van der Waals surface area contributed by atoms with Crippen molar-refractivity contribution < 1.29 is 9.66 Å². The summed E-state index contributed by atoms with van der Waals surface area (Å²) in [7, 11) is 0. The van der Waals surface area contributed by atoms with Gasteiger partial charge < -0.3 is 4.74 Å². The molecular formula is C10H10ClNO3S. The molecule has 0 unspecified atom stereocenters. The number of ether oxygens (including phenoxy) is 1. The van der Waals surface area contributed by atoms with E-state index in [4.69, 9.17) is 28.6 Å². The molecule has 0 fully saturated rings. The Morgan fingerprint density at radius 3 is 2.88 bits per heavy atom. The Kier molecular flexibility index (Phi) is 4.64. The third-order valence-electron chi connectivity index (χ3n) is 1.92. The van der Waals surface area contributed by atoms with Crippen molar-refractivity contribution in [1.82, 2.24) is 0 Å². The quantitative estimate of drug-likeness (QED) is 0.473. The Labute approximate surface area is 103 Å². The van der Waals surface area contributed by atoms with Crippen LogP contribution in [0.15, 0.2) is 18.2 Å². The first kappa shape index (κ1) is 12.9. The van der Waals surface area contributed by atoms with Crippen LogP contribution in [0.4, 0.5) is 5.69 Å². The number of nitro groups is 1. The Morgan fingerprint density at radius 2 is 2.31 bits per heavy atom. The number of rotatable bonds is 4. The molecule has 0 saturated heterocycles. The van der Waals surface area contributed by atoms with Crippen LogP contribution < -0.4 is 0 Å². The van der Waals surface area contributed by atoms with Crippen LogP contribution in [0.1, 0.15) is 12.5 Å². The van der Waals surface area contributed by atoms with Gasteiger partial charge in [-0.15, -0.1) is 0 Å². The average molecular weight is 260 g/mol. The van der Waals surface area contributed by atoms with E-state index in [-0.39, 0.29) is 12.1 Å². The minimum absolute atomic E-state index is 0.0328. The molecule has 0 radical (unpaired) electrons. The van der Waals surface area contributed by atoms with E-state index in [2.05, 4.69) is 0 Å². The van der Waals surface area contributed by atoms with Crippen LogP contribution in [-0.4, -0.2) is 16.6 Å². The number of hydrogen-bond acceptors (Lipinski definition) is 4. The first-order valence-electron chi connectivity index (χ1n) is 4.63. The summed E-state index contributed by atoms with van der Waals surface area (Å²) in [5, 5.41) is 11.4. The molecule has 0 bridgehead atoms.